The van der Waals surface area contributed by atoms with Crippen LogP contribution in [0.15, 0.2) is 18.2 Å². The Kier molecular flexibility index (Phi) is 3.25. The number of ether oxygens (including phenoxy) is 1. The van der Waals surface area contributed by atoms with Gasteiger partial charge in [-0.2, -0.15) is 0 Å². The molecule has 0 saturated carbocycles. The summed E-state index contributed by atoms with van der Waals surface area (Å²) in [5, 5.41) is 0.319. The third-order valence-electron chi connectivity index (χ3n) is 1.73. The number of carbonyl (C=O) groups is 2. The molecule has 0 fully saturated rings. The van der Waals surface area contributed by atoms with Crippen LogP contribution < -0.4 is 4.74 Å². The number of hydrogen-bond acceptors (Lipinski definition) is 3. The second-order valence-corrected chi connectivity index (χ2v) is 3.14. The summed E-state index contributed by atoms with van der Waals surface area (Å²) >= 11 is 5.79. The Morgan fingerprint density at radius 2 is 2.00 bits per heavy atom. The molecule has 0 amide bonds. The topological polar surface area (TPSA) is 43.4 Å². The van der Waals surface area contributed by atoms with Gasteiger partial charge in [-0.3, -0.25) is 9.59 Å². The van der Waals surface area contributed by atoms with Crippen molar-refractivity contribution < 1.29 is 14.3 Å². The molecule has 0 N–H and O–H groups in total. The van der Waals surface area contributed by atoms with Crippen LogP contribution in [0.1, 0.15) is 17.3 Å². The van der Waals surface area contributed by atoms with Gasteiger partial charge in [0.2, 0.25) is 5.78 Å². The highest BCUT2D eigenvalue weighted by Crippen LogP contribution is 2.25. The number of carbonyl (C=O) groups excluding carboxylic acids is 2. The first kappa shape index (κ1) is 10.7. The summed E-state index contributed by atoms with van der Waals surface area (Å²) in [6.45, 7) is 1.22. The molecule has 0 unspecified atom stereocenters. The summed E-state index contributed by atoms with van der Waals surface area (Å²) < 4.78 is 4.91. The number of Topliss-reactive ketones (excluding diaryl/α,β-unsaturated/α-hetero) is 2. The Balaban J connectivity index is 3.09. The Labute approximate surface area is 86.6 Å². The Bertz CT molecular complexity index is 385. The van der Waals surface area contributed by atoms with Gasteiger partial charge < -0.3 is 4.74 Å². The maximum Gasteiger partial charge on any atom is 0.228 e. The van der Waals surface area contributed by atoms with Crippen LogP contribution in [0.25, 0.3) is 0 Å². The second-order valence-electron chi connectivity index (χ2n) is 2.73. The Morgan fingerprint density at radius 1 is 1.36 bits per heavy atom. The maximum atomic E-state index is 11.2. The smallest absolute Gasteiger partial charge is 0.228 e. The van der Waals surface area contributed by atoms with Crippen molar-refractivity contribution in [1.29, 1.82) is 0 Å². The molecule has 14 heavy (non-hydrogen) atoms. The molecule has 0 saturated heterocycles. The van der Waals surface area contributed by atoms with Crippen molar-refractivity contribution in [2.75, 3.05) is 7.11 Å². The van der Waals surface area contributed by atoms with E-state index in [2.05, 4.69) is 0 Å². The van der Waals surface area contributed by atoms with Crippen LogP contribution in [0.4, 0.5) is 0 Å². The SMILES string of the molecule is COc1ccc(C(=O)C(C)=O)cc1Cl. The first-order chi connectivity index (χ1) is 6.56. The van der Waals surface area contributed by atoms with Crippen molar-refractivity contribution in [2.24, 2.45) is 0 Å². The molecule has 1 rings (SSSR count). The van der Waals surface area contributed by atoms with E-state index in [1.807, 2.05) is 0 Å². The molecule has 0 bridgehead atoms. The lowest BCUT2D eigenvalue weighted by Crippen LogP contribution is -2.09. The standard InChI is InChI=1S/C10H9ClO3/c1-6(12)10(13)7-3-4-9(14-2)8(11)5-7/h3-5H,1-2H3. The molecule has 1 aromatic carbocycles. The minimum Gasteiger partial charge on any atom is -0.495 e. The van der Waals surface area contributed by atoms with Crippen LogP contribution in [0.3, 0.4) is 0 Å². The van der Waals surface area contributed by atoms with Gasteiger partial charge in [-0.25, -0.2) is 0 Å². The third-order valence-corrected chi connectivity index (χ3v) is 2.03. The zero-order chi connectivity index (χ0) is 10.7. The number of ketones is 2. The molecule has 0 radical (unpaired) electrons. The summed E-state index contributed by atoms with van der Waals surface area (Å²) in [4.78, 5) is 22.0. The van der Waals surface area contributed by atoms with Gasteiger partial charge in [0.1, 0.15) is 5.75 Å². The summed E-state index contributed by atoms with van der Waals surface area (Å²) in [5.41, 5.74) is 0.281. The van der Waals surface area contributed by atoms with E-state index in [9.17, 15) is 9.59 Å². The summed E-state index contributed by atoms with van der Waals surface area (Å²) in [6.07, 6.45) is 0. The monoisotopic (exact) mass is 212 g/mol. The third kappa shape index (κ3) is 2.12. The molecule has 0 aromatic heterocycles. The van der Waals surface area contributed by atoms with Gasteiger partial charge in [0.05, 0.1) is 12.1 Å². The van der Waals surface area contributed by atoms with E-state index in [0.29, 0.717) is 10.8 Å². The molecule has 0 aliphatic heterocycles. The molecule has 3 nitrogen and oxygen atoms in total. The lowest BCUT2D eigenvalue weighted by Gasteiger charge is -2.03. The predicted molar refractivity (Wildman–Crippen MR) is 53.0 cm³/mol. The molecule has 4 heteroatoms. The van der Waals surface area contributed by atoms with E-state index in [0.717, 1.165) is 0 Å². The maximum absolute atomic E-state index is 11.2. The minimum absolute atomic E-state index is 0.281. The lowest BCUT2D eigenvalue weighted by atomic mass is 10.1. The minimum atomic E-state index is -0.547. The van der Waals surface area contributed by atoms with E-state index in [1.165, 1.54) is 26.2 Å². The Morgan fingerprint density at radius 3 is 2.43 bits per heavy atom. The molecular weight excluding hydrogens is 204 g/mol. The van der Waals surface area contributed by atoms with E-state index in [-0.39, 0.29) is 5.56 Å². The van der Waals surface area contributed by atoms with Crippen LogP contribution in [0.2, 0.25) is 5.02 Å². The van der Waals surface area contributed by atoms with Crippen LogP contribution in [0, 0.1) is 0 Å². The van der Waals surface area contributed by atoms with Gasteiger partial charge in [0, 0.05) is 12.5 Å². The highest BCUT2D eigenvalue weighted by molar-refractivity contribution is 6.43. The number of methoxy groups -OCH3 is 1. The number of rotatable bonds is 3. The molecular formula is C10H9ClO3. The average molecular weight is 213 g/mol. The van der Waals surface area contributed by atoms with Crippen LogP contribution in [-0.4, -0.2) is 18.7 Å². The van der Waals surface area contributed by atoms with E-state index in [1.54, 1.807) is 6.07 Å². The fourth-order valence-corrected chi connectivity index (χ4v) is 1.27. The van der Waals surface area contributed by atoms with Crippen molar-refractivity contribution in [3.63, 3.8) is 0 Å². The van der Waals surface area contributed by atoms with Crippen molar-refractivity contribution in [3.8, 4) is 5.75 Å². The van der Waals surface area contributed by atoms with Gasteiger partial charge in [0.15, 0.2) is 5.78 Å². The predicted octanol–water partition coefficient (Wildman–Crippen LogP) is 2.12. The van der Waals surface area contributed by atoms with E-state index < -0.39 is 11.6 Å². The molecule has 1 aromatic rings. The van der Waals surface area contributed by atoms with Gasteiger partial charge in [-0.05, 0) is 18.2 Å². The summed E-state index contributed by atoms with van der Waals surface area (Å²) in [7, 11) is 1.48. The molecule has 0 spiro atoms. The quantitative estimate of drug-likeness (QED) is 0.570. The first-order valence-corrected chi connectivity index (χ1v) is 4.33. The highest BCUT2D eigenvalue weighted by atomic mass is 35.5. The number of hydrogen-bond donors (Lipinski definition) is 0. The van der Waals surface area contributed by atoms with Gasteiger partial charge in [-0.1, -0.05) is 11.6 Å². The Hall–Kier alpha value is -1.35. The van der Waals surface area contributed by atoms with Gasteiger partial charge >= 0.3 is 0 Å². The van der Waals surface area contributed by atoms with Crippen molar-refractivity contribution in [2.45, 2.75) is 6.92 Å². The van der Waals surface area contributed by atoms with Crippen molar-refractivity contribution in [3.05, 3.63) is 28.8 Å². The summed E-state index contributed by atoms with van der Waals surface area (Å²) in [6, 6.07) is 4.48. The van der Waals surface area contributed by atoms with Crippen LogP contribution >= 0.6 is 11.6 Å². The molecule has 0 aliphatic carbocycles. The largest absolute Gasteiger partial charge is 0.495 e. The molecule has 74 valence electrons. The zero-order valence-electron chi connectivity index (χ0n) is 7.83. The fourth-order valence-electron chi connectivity index (χ4n) is 1.01. The summed E-state index contributed by atoms with van der Waals surface area (Å²) in [5.74, 6) is -0.576. The zero-order valence-corrected chi connectivity index (χ0v) is 8.59. The van der Waals surface area contributed by atoms with Crippen LogP contribution in [0.5, 0.6) is 5.75 Å². The lowest BCUT2D eigenvalue weighted by molar-refractivity contribution is -0.113. The highest BCUT2D eigenvalue weighted by Gasteiger charge is 2.12. The van der Waals surface area contributed by atoms with E-state index in [4.69, 9.17) is 16.3 Å². The second kappa shape index (κ2) is 4.24. The molecule has 0 atom stereocenters. The first-order valence-electron chi connectivity index (χ1n) is 3.95. The van der Waals surface area contributed by atoms with Crippen molar-refractivity contribution >= 4 is 23.2 Å². The normalized spacial score (nSPS) is 9.64. The van der Waals surface area contributed by atoms with Crippen molar-refractivity contribution in [1.82, 2.24) is 0 Å². The van der Waals surface area contributed by atoms with Gasteiger partial charge in [-0.15, -0.1) is 0 Å². The van der Waals surface area contributed by atoms with Gasteiger partial charge in [0.25, 0.3) is 0 Å². The number of benzene rings is 1. The van der Waals surface area contributed by atoms with Crippen LogP contribution in [-0.2, 0) is 4.79 Å². The molecule has 0 heterocycles. The van der Waals surface area contributed by atoms with E-state index >= 15 is 0 Å². The average Bonchev–Trinajstić information content (AvgIpc) is 2.16. The number of halogens is 1. The fraction of sp³-hybridized carbons (Fsp3) is 0.200. The molecule has 0 aliphatic rings.